The molecule has 1 heterocycles. The van der Waals surface area contributed by atoms with Gasteiger partial charge in [-0.1, -0.05) is 30.3 Å². The van der Waals surface area contributed by atoms with E-state index < -0.39 is 0 Å². The summed E-state index contributed by atoms with van der Waals surface area (Å²) in [6.45, 7) is 1.24. The van der Waals surface area contributed by atoms with Crippen molar-refractivity contribution in [2.24, 2.45) is 0 Å². The summed E-state index contributed by atoms with van der Waals surface area (Å²) in [6, 6.07) is 15.9. The normalized spacial score (nSPS) is 10.6. The highest BCUT2D eigenvalue weighted by atomic mass is 16.5. The second kappa shape index (κ2) is 10.2. The van der Waals surface area contributed by atoms with E-state index in [0.717, 1.165) is 41.7 Å². The van der Waals surface area contributed by atoms with Gasteiger partial charge in [0, 0.05) is 18.4 Å². The molecular formula is C21H24N4O3. The van der Waals surface area contributed by atoms with Gasteiger partial charge in [-0.05, 0) is 43.0 Å². The molecule has 28 heavy (non-hydrogen) atoms. The van der Waals surface area contributed by atoms with Crippen molar-refractivity contribution in [3.8, 4) is 5.75 Å². The summed E-state index contributed by atoms with van der Waals surface area (Å²) in [7, 11) is 0. The van der Waals surface area contributed by atoms with Crippen LogP contribution in [0.2, 0.25) is 0 Å². The van der Waals surface area contributed by atoms with Gasteiger partial charge in [0.2, 0.25) is 5.91 Å². The maximum atomic E-state index is 11.0. The zero-order chi connectivity index (χ0) is 19.6. The molecule has 7 nitrogen and oxygen atoms in total. The molecule has 1 aromatic heterocycles. The van der Waals surface area contributed by atoms with E-state index in [1.54, 1.807) is 11.8 Å². The van der Waals surface area contributed by atoms with Crippen molar-refractivity contribution in [2.75, 3.05) is 11.9 Å². The molecule has 1 amide bonds. The molecule has 0 saturated carbocycles. The number of carbonyl (C=O) groups is 1. The standard InChI is InChI=1S/C21H24N4O3/c26-20(25-27)9-5-2-6-12-28-17-10-11-19-18(13-17)21(24-15-23-19)22-14-16-7-3-1-4-8-16/h1,3-4,7-8,10-11,13,15,27H,2,5-6,9,12,14H2,(H,25,26)(H,22,23,24). The van der Waals surface area contributed by atoms with Gasteiger partial charge in [0.25, 0.3) is 0 Å². The minimum atomic E-state index is -0.356. The molecule has 146 valence electrons. The zero-order valence-corrected chi connectivity index (χ0v) is 15.6. The maximum Gasteiger partial charge on any atom is 0.243 e. The van der Waals surface area contributed by atoms with Gasteiger partial charge in [0.05, 0.1) is 12.1 Å². The number of aromatic nitrogens is 2. The van der Waals surface area contributed by atoms with Crippen molar-refractivity contribution in [1.82, 2.24) is 15.4 Å². The highest BCUT2D eigenvalue weighted by Crippen LogP contribution is 2.25. The van der Waals surface area contributed by atoms with Gasteiger partial charge in [-0.25, -0.2) is 15.4 Å². The highest BCUT2D eigenvalue weighted by Gasteiger charge is 2.06. The van der Waals surface area contributed by atoms with E-state index >= 15 is 0 Å². The number of hydroxylamine groups is 1. The van der Waals surface area contributed by atoms with E-state index in [9.17, 15) is 4.79 Å². The lowest BCUT2D eigenvalue weighted by Crippen LogP contribution is -2.17. The Morgan fingerprint density at radius 3 is 2.71 bits per heavy atom. The number of hydrogen-bond donors (Lipinski definition) is 3. The van der Waals surface area contributed by atoms with Crippen molar-refractivity contribution in [1.29, 1.82) is 0 Å². The monoisotopic (exact) mass is 380 g/mol. The number of carbonyl (C=O) groups excluding carboxylic acids is 1. The summed E-state index contributed by atoms with van der Waals surface area (Å²) >= 11 is 0. The van der Waals surface area contributed by atoms with E-state index in [1.807, 2.05) is 36.4 Å². The lowest BCUT2D eigenvalue weighted by atomic mass is 10.2. The first kappa shape index (κ1) is 19.6. The number of amides is 1. The van der Waals surface area contributed by atoms with Crippen LogP contribution in [0.4, 0.5) is 5.82 Å². The first-order valence-corrected chi connectivity index (χ1v) is 9.34. The van der Waals surface area contributed by atoms with E-state index in [0.29, 0.717) is 19.6 Å². The molecule has 0 bridgehead atoms. The Bertz CT molecular complexity index is 903. The molecule has 0 fully saturated rings. The molecule has 0 aliphatic carbocycles. The molecule has 3 N–H and O–H groups in total. The van der Waals surface area contributed by atoms with Gasteiger partial charge in [0.1, 0.15) is 17.9 Å². The molecule has 0 unspecified atom stereocenters. The van der Waals surface area contributed by atoms with E-state index in [1.165, 1.54) is 5.56 Å². The van der Waals surface area contributed by atoms with Crippen LogP contribution in [0.1, 0.15) is 31.2 Å². The predicted molar refractivity (Wildman–Crippen MR) is 107 cm³/mol. The summed E-state index contributed by atoms with van der Waals surface area (Å²) in [6.07, 6.45) is 4.28. The van der Waals surface area contributed by atoms with Gasteiger partial charge < -0.3 is 10.1 Å². The number of fused-ring (bicyclic) bond motifs is 1. The van der Waals surface area contributed by atoms with E-state index in [4.69, 9.17) is 9.94 Å². The second-order valence-corrected chi connectivity index (χ2v) is 6.43. The Labute approximate surface area is 163 Å². The third-order valence-corrected chi connectivity index (χ3v) is 4.35. The van der Waals surface area contributed by atoms with E-state index in [2.05, 4.69) is 27.4 Å². The lowest BCUT2D eigenvalue weighted by molar-refractivity contribution is -0.129. The van der Waals surface area contributed by atoms with Crippen molar-refractivity contribution < 1.29 is 14.7 Å². The second-order valence-electron chi connectivity index (χ2n) is 6.43. The first-order valence-electron chi connectivity index (χ1n) is 9.34. The average molecular weight is 380 g/mol. The van der Waals surface area contributed by atoms with Crippen LogP contribution in [-0.2, 0) is 11.3 Å². The van der Waals surface area contributed by atoms with Crippen molar-refractivity contribution >= 4 is 22.6 Å². The molecule has 7 heteroatoms. The fourth-order valence-electron chi connectivity index (χ4n) is 2.86. The number of nitrogens with zero attached hydrogens (tertiary/aromatic N) is 2. The van der Waals surface area contributed by atoms with Crippen LogP contribution in [0.15, 0.2) is 54.9 Å². The molecule has 0 aliphatic heterocycles. The molecule has 3 rings (SSSR count). The molecule has 3 aromatic rings. The van der Waals surface area contributed by atoms with Gasteiger partial charge >= 0.3 is 0 Å². The minimum absolute atomic E-state index is 0.320. The smallest absolute Gasteiger partial charge is 0.243 e. The van der Waals surface area contributed by atoms with Gasteiger partial charge in [-0.15, -0.1) is 0 Å². The fourth-order valence-corrected chi connectivity index (χ4v) is 2.86. The molecule has 0 aliphatic rings. The Balaban J connectivity index is 1.56. The average Bonchev–Trinajstić information content (AvgIpc) is 2.75. The summed E-state index contributed by atoms with van der Waals surface area (Å²) in [5, 5.41) is 12.7. The topological polar surface area (TPSA) is 96.4 Å². The summed E-state index contributed by atoms with van der Waals surface area (Å²) in [4.78, 5) is 19.6. The molecule has 2 aromatic carbocycles. The van der Waals surface area contributed by atoms with Crippen LogP contribution < -0.4 is 15.5 Å². The van der Waals surface area contributed by atoms with Gasteiger partial charge in [-0.3, -0.25) is 10.0 Å². The van der Waals surface area contributed by atoms with Crippen LogP contribution in [-0.4, -0.2) is 27.7 Å². The van der Waals surface area contributed by atoms with Crippen LogP contribution in [0.25, 0.3) is 10.9 Å². The quantitative estimate of drug-likeness (QED) is 0.282. The predicted octanol–water partition coefficient (Wildman–Crippen LogP) is 3.69. The minimum Gasteiger partial charge on any atom is -0.494 e. The molecule has 0 radical (unpaired) electrons. The molecular weight excluding hydrogens is 356 g/mol. The molecule has 0 saturated heterocycles. The van der Waals surface area contributed by atoms with Crippen molar-refractivity contribution in [2.45, 2.75) is 32.2 Å². The van der Waals surface area contributed by atoms with Crippen molar-refractivity contribution in [3.05, 3.63) is 60.4 Å². The van der Waals surface area contributed by atoms with Crippen LogP contribution in [0.3, 0.4) is 0 Å². The number of rotatable bonds is 10. The Kier molecular flexibility index (Phi) is 7.14. The summed E-state index contributed by atoms with van der Waals surface area (Å²) < 4.78 is 5.83. The van der Waals surface area contributed by atoms with Crippen LogP contribution in [0.5, 0.6) is 5.75 Å². The number of ether oxygens (including phenoxy) is 1. The number of nitrogens with one attached hydrogen (secondary N) is 2. The number of anilines is 1. The van der Waals surface area contributed by atoms with Crippen LogP contribution in [0, 0.1) is 0 Å². The summed E-state index contributed by atoms with van der Waals surface area (Å²) in [5.41, 5.74) is 3.67. The molecule has 0 spiro atoms. The summed E-state index contributed by atoms with van der Waals surface area (Å²) in [5.74, 6) is 1.18. The Hall–Kier alpha value is -3.19. The third-order valence-electron chi connectivity index (χ3n) is 4.35. The zero-order valence-electron chi connectivity index (χ0n) is 15.6. The first-order chi connectivity index (χ1) is 13.8. The van der Waals surface area contributed by atoms with Crippen molar-refractivity contribution in [3.63, 3.8) is 0 Å². The number of benzene rings is 2. The van der Waals surface area contributed by atoms with Gasteiger partial charge in [0.15, 0.2) is 0 Å². The third kappa shape index (κ3) is 5.65. The number of hydrogen-bond acceptors (Lipinski definition) is 6. The SMILES string of the molecule is O=C(CCCCCOc1ccc2ncnc(NCc3ccccc3)c2c1)NO. The lowest BCUT2D eigenvalue weighted by Gasteiger charge is -2.11. The van der Waals surface area contributed by atoms with E-state index in [-0.39, 0.29) is 5.91 Å². The van der Waals surface area contributed by atoms with Crippen LogP contribution >= 0.6 is 0 Å². The largest absolute Gasteiger partial charge is 0.494 e. The Morgan fingerprint density at radius 2 is 1.89 bits per heavy atom. The highest BCUT2D eigenvalue weighted by molar-refractivity contribution is 5.89. The fraction of sp³-hybridized carbons (Fsp3) is 0.286. The Morgan fingerprint density at radius 1 is 1.04 bits per heavy atom. The van der Waals surface area contributed by atoms with Gasteiger partial charge in [-0.2, -0.15) is 0 Å². The maximum absolute atomic E-state index is 11.0. The molecule has 0 atom stereocenters. The number of unbranched alkanes of at least 4 members (excludes halogenated alkanes) is 2.